The summed E-state index contributed by atoms with van der Waals surface area (Å²) in [6.45, 7) is 0.389. The monoisotopic (exact) mass is 273 g/mol. The van der Waals surface area contributed by atoms with Gasteiger partial charge in [-0.3, -0.25) is 14.4 Å². The summed E-state index contributed by atoms with van der Waals surface area (Å²) < 4.78 is 0. The van der Waals surface area contributed by atoms with Crippen molar-refractivity contribution in [1.82, 2.24) is 10.2 Å². The van der Waals surface area contributed by atoms with Gasteiger partial charge in [-0.2, -0.15) is 0 Å². The van der Waals surface area contributed by atoms with Crippen molar-refractivity contribution in [2.24, 2.45) is 0 Å². The first-order valence-electron chi connectivity index (χ1n) is 6.59. The Morgan fingerprint density at radius 1 is 1.15 bits per heavy atom. The van der Waals surface area contributed by atoms with Gasteiger partial charge in [0.1, 0.15) is 12.6 Å². The second-order valence-corrected chi connectivity index (χ2v) is 5.06. The molecule has 6 heteroatoms. The van der Waals surface area contributed by atoms with Crippen LogP contribution in [0.1, 0.15) is 18.4 Å². The molecular weight excluding hydrogens is 258 g/mol. The van der Waals surface area contributed by atoms with Crippen LogP contribution in [0.25, 0.3) is 0 Å². The maximum atomic E-state index is 12.4. The summed E-state index contributed by atoms with van der Waals surface area (Å²) >= 11 is 0. The van der Waals surface area contributed by atoms with Gasteiger partial charge >= 0.3 is 0 Å². The van der Waals surface area contributed by atoms with Crippen molar-refractivity contribution in [1.29, 1.82) is 0 Å². The first-order valence-corrected chi connectivity index (χ1v) is 6.59. The van der Waals surface area contributed by atoms with Gasteiger partial charge < -0.3 is 15.5 Å². The molecule has 6 nitrogen and oxygen atoms in total. The summed E-state index contributed by atoms with van der Waals surface area (Å²) in [7, 11) is 0. The molecule has 2 heterocycles. The highest BCUT2D eigenvalue weighted by Crippen LogP contribution is 2.21. The molecule has 2 aliphatic rings. The largest absolute Gasteiger partial charge is 0.344 e. The number of nitrogens with zero attached hydrogens (tertiary/aromatic N) is 1. The molecule has 2 aliphatic heterocycles. The molecule has 1 aromatic rings. The number of anilines is 1. The van der Waals surface area contributed by atoms with Crippen molar-refractivity contribution in [3.8, 4) is 0 Å². The zero-order chi connectivity index (χ0) is 14.1. The Morgan fingerprint density at radius 2 is 1.95 bits per heavy atom. The van der Waals surface area contributed by atoms with E-state index in [-0.39, 0.29) is 24.3 Å². The number of hydrogen-bond donors (Lipinski definition) is 2. The van der Waals surface area contributed by atoms with Gasteiger partial charge in [0.05, 0.1) is 0 Å². The summed E-state index contributed by atoms with van der Waals surface area (Å²) in [6, 6.07) is 6.91. The molecule has 0 unspecified atom stereocenters. The second-order valence-electron chi connectivity index (χ2n) is 5.06. The van der Waals surface area contributed by atoms with Crippen LogP contribution in [0.2, 0.25) is 0 Å². The third kappa shape index (κ3) is 2.36. The molecule has 1 atom stereocenters. The van der Waals surface area contributed by atoms with E-state index < -0.39 is 6.04 Å². The molecule has 0 aromatic heterocycles. The average molecular weight is 273 g/mol. The Balaban J connectivity index is 1.82. The fraction of sp³-hybridized carbons (Fsp3) is 0.357. The van der Waals surface area contributed by atoms with E-state index >= 15 is 0 Å². The first-order chi connectivity index (χ1) is 9.63. The Bertz CT molecular complexity index is 585. The fourth-order valence-corrected chi connectivity index (χ4v) is 2.58. The lowest BCUT2D eigenvalue weighted by atomic mass is 10.1. The zero-order valence-corrected chi connectivity index (χ0v) is 10.9. The predicted octanol–water partition coefficient (Wildman–Crippen LogP) is 0.246. The van der Waals surface area contributed by atoms with Crippen molar-refractivity contribution in [3.63, 3.8) is 0 Å². The van der Waals surface area contributed by atoms with E-state index in [1.807, 2.05) is 24.3 Å². The second kappa shape index (κ2) is 4.96. The van der Waals surface area contributed by atoms with Gasteiger partial charge in [0, 0.05) is 18.7 Å². The third-order valence-electron chi connectivity index (χ3n) is 3.59. The van der Waals surface area contributed by atoms with E-state index in [2.05, 4.69) is 10.6 Å². The van der Waals surface area contributed by atoms with Crippen LogP contribution in [0.15, 0.2) is 24.3 Å². The number of amides is 3. The van der Waals surface area contributed by atoms with Crippen LogP contribution in [0, 0.1) is 0 Å². The average Bonchev–Trinajstić information content (AvgIpc) is 2.77. The number of carbonyl (C=O) groups is 3. The Labute approximate surface area is 116 Å². The Kier molecular flexibility index (Phi) is 3.14. The third-order valence-corrected chi connectivity index (χ3v) is 3.59. The number of fused-ring (bicyclic) bond motifs is 1. The van der Waals surface area contributed by atoms with E-state index in [9.17, 15) is 14.4 Å². The Hall–Kier alpha value is -2.37. The minimum absolute atomic E-state index is 0.0138. The predicted molar refractivity (Wildman–Crippen MR) is 71.7 cm³/mol. The summed E-state index contributed by atoms with van der Waals surface area (Å²) in [5, 5.41) is 5.43. The van der Waals surface area contributed by atoms with Gasteiger partial charge in [0.2, 0.25) is 17.7 Å². The van der Waals surface area contributed by atoms with E-state index in [0.717, 1.165) is 11.3 Å². The molecule has 1 aromatic carbocycles. The first kappa shape index (κ1) is 12.7. The standard InChI is InChI=1S/C14H15N3O3/c18-12-6-5-11(16-12)14(20)17-7-9-3-1-2-4-10(9)15-13(19)8-17/h1-4,11H,5-8H2,(H,15,19)(H,16,18)/t11-/m0/s1. The number of nitrogens with one attached hydrogen (secondary N) is 2. The van der Waals surface area contributed by atoms with Crippen LogP contribution in [0.3, 0.4) is 0 Å². The molecule has 3 rings (SSSR count). The minimum atomic E-state index is -0.499. The van der Waals surface area contributed by atoms with E-state index in [1.165, 1.54) is 4.90 Å². The number of hydrogen-bond acceptors (Lipinski definition) is 3. The van der Waals surface area contributed by atoms with E-state index in [1.54, 1.807) is 0 Å². The van der Waals surface area contributed by atoms with Crippen molar-refractivity contribution in [3.05, 3.63) is 29.8 Å². The molecule has 1 saturated heterocycles. The zero-order valence-electron chi connectivity index (χ0n) is 10.9. The maximum absolute atomic E-state index is 12.4. The number of rotatable bonds is 1. The lowest BCUT2D eigenvalue weighted by Gasteiger charge is -2.23. The van der Waals surface area contributed by atoms with Crippen LogP contribution >= 0.6 is 0 Å². The maximum Gasteiger partial charge on any atom is 0.245 e. The molecule has 20 heavy (non-hydrogen) atoms. The molecule has 0 radical (unpaired) electrons. The van der Waals surface area contributed by atoms with Gasteiger partial charge in [0.25, 0.3) is 0 Å². The quantitative estimate of drug-likeness (QED) is 0.769. The number of para-hydroxylation sites is 1. The van der Waals surface area contributed by atoms with Gasteiger partial charge in [-0.25, -0.2) is 0 Å². The highest BCUT2D eigenvalue weighted by atomic mass is 16.2. The van der Waals surface area contributed by atoms with Crippen molar-refractivity contribution in [2.45, 2.75) is 25.4 Å². The lowest BCUT2D eigenvalue weighted by molar-refractivity contribution is -0.137. The molecule has 0 bridgehead atoms. The number of benzene rings is 1. The topological polar surface area (TPSA) is 78.5 Å². The number of carbonyl (C=O) groups excluding carboxylic acids is 3. The molecule has 3 amide bonds. The van der Waals surface area contributed by atoms with Crippen molar-refractivity contribution in [2.75, 3.05) is 11.9 Å². The highest BCUT2D eigenvalue weighted by molar-refractivity contribution is 5.98. The van der Waals surface area contributed by atoms with E-state index in [0.29, 0.717) is 19.4 Å². The molecule has 0 saturated carbocycles. The molecule has 2 N–H and O–H groups in total. The normalized spacial score (nSPS) is 21.8. The van der Waals surface area contributed by atoms with Crippen LogP contribution in [0.5, 0.6) is 0 Å². The summed E-state index contributed by atoms with van der Waals surface area (Å²) in [4.78, 5) is 36.9. The van der Waals surface area contributed by atoms with Gasteiger partial charge in [-0.15, -0.1) is 0 Å². The van der Waals surface area contributed by atoms with Crippen molar-refractivity contribution >= 4 is 23.4 Å². The lowest BCUT2D eigenvalue weighted by Crippen LogP contribution is -2.45. The van der Waals surface area contributed by atoms with Gasteiger partial charge in [-0.1, -0.05) is 18.2 Å². The van der Waals surface area contributed by atoms with Crippen LogP contribution in [-0.4, -0.2) is 35.2 Å². The molecule has 104 valence electrons. The molecule has 1 fully saturated rings. The molecule has 0 spiro atoms. The smallest absolute Gasteiger partial charge is 0.245 e. The van der Waals surface area contributed by atoms with Crippen LogP contribution in [0.4, 0.5) is 5.69 Å². The van der Waals surface area contributed by atoms with Crippen LogP contribution < -0.4 is 10.6 Å². The van der Waals surface area contributed by atoms with Gasteiger partial charge in [-0.05, 0) is 18.1 Å². The Morgan fingerprint density at radius 3 is 2.70 bits per heavy atom. The summed E-state index contributed by atoms with van der Waals surface area (Å²) in [5.41, 5.74) is 1.64. The summed E-state index contributed by atoms with van der Waals surface area (Å²) in [5.74, 6) is -0.515. The van der Waals surface area contributed by atoms with Gasteiger partial charge in [0.15, 0.2) is 0 Å². The SMILES string of the molecule is O=C1CN(C(=O)[C@@H]2CCC(=O)N2)Cc2ccccc2N1. The van der Waals surface area contributed by atoms with Crippen LogP contribution in [-0.2, 0) is 20.9 Å². The minimum Gasteiger partial charge on any atom is -0.344 e. The van der Waals surface area contributed by atoms with E-state index in [4.69, 9.17) is 0 Å². The molecule has 0 aliphatic carbocycles. The fourth-order valence-electron chi connectivity index (χ4n) is 2.58. The van der Waals surface area contributed by atoms with Crippen molar-refractivity contribution < 1.29 is 14.4 Å². The highest BCUT2D eigenvalue weighted by Gasteiger charge is 2.32. The molecular formula is C14H15N3O3. The summed E-state index contributed by atoms with van der Waals surface area (Å²) in [6.07, 6.45) is 0.866.